The van der Waals surface area contributed by atoms with Gasteiger partial charge >= 0.3 is 0 Å². The molecule has 1 aromatic carbocycles. The molecule has 0 aliphatic heterocycles. The highest BCUT2D eigenvalue weighted by molar-refractivity contribution is 6.65. The molecule has 0 aromatic heterocycles. The van der Waals surface area contributed by atoms with E-state index < -0.39 is 11.3 Å². The Hall–Kier alpha value is -1.53. The fourth-order valence-electron chi connectivity index (χ4n) is 0.759. The maximum atomic E-state index is 10.6. The molecule has 0 heterocycles. The molecular formula is C9H6ClNO2. The number of halogens is 1. The monoisotopic (exact) mass is 195 g/mol. The summed E-state index contributed by atoms with van der Waals surface area (Å²) in [6.07, 6.45) is -1.23. The fourth-order valence-corrected chi connectivity index (χ4v) is 0.852. The van der Waals surface area contributed by atoms with Crippen LogP contribution in [0, 0.1) is 11.3 Å². The molecule has 0 aliphatic carbocycles. The molecule has 3 nitrogen and oxygen atoms in total. The van der Waals surface area contributed by atoms with Crippen LogP contribution in [0.5, 0.6) is 5.75 Å². The third-order valence-corrected chi connectivity index (χ3v) is 1.52. The minimum atomic E-state index is -1.23. The number of ether oxygens (including phenoxy) is 1. The van der Waals surface area contributed by atoms with Gasteiger partial charge in [-0.15, -0.1) is 0 Å². The number of hydrogen-bond donors (Lipinski definition) is 0. The highest BCUT2D eigenvalue weighted by atomic mass is 35.5. The Balaban J connectivity index is 2.69. The zero-order valence-corrected chi connectivity index (χ0v) is 7.36. The summed E-state index contributed by atoms with van der Waals surface area (Å²) in [7, 11) is 0. The molecule has 1 rings (SSSR count). The van der Waals surface area contributed by atoms with Crippen LogP contribution in [0.3, 0.4) is 0 Å². The van der Waals surface area contributed by atoms with Gasteiger partial charge in [0.15, 0.2) is 0 Å². The summed E-state index contributed by atoms with van der Waals surface area (Å²) in [5, 5.41) is 7.66. The molecule has 0 N–H and O–H groups in total. The van der Waals surface area contributed by atoms with E-state index in [9.17, 15) is 4.79 Å². The Morgan fingerprint density at radius 1 is 1.46 bits per heavy atom. The maximum Gasteiger partial charge on any atom is 0.277 e. The second kappa shape index (κ2) is 4.48. The number of carbonyl (C=O) groups is 1. The van der Waals surface area contributed by atoms with Crippen LogP contribution in [0.15, 0.2) is 30.3 Å². The van der Waals surface area contributed by atoms with Crippen molar-refractivity contribution in [3.05, 3.63) is 30.3 Å². The fraction of sp³-hybridized carbons (Fsp3) is 0.111. The molecular weight excluding hydrogens is 190 g/mol. The van der Waals surface area contributed by atoms with Gasteiger partial charge in [-0.1, -0.05) is 18.2 Å². The lowest BCUT2D eigenvalue weighted by atomic mass is 10.3. The summed E-state index contributed by atoms with van der Waals surface area (Å²) >= 11 is 5.11. The standard InChI is InChI=1S/C9H6ClNO2/c10-9(12)8(6-11)13-7-4-2-1-3-5-7/h1-5,8H. The van der Waals surface area contributed by atoms with Crippen molar-refractivity contribution in [2.45, 2.75) is 6.10 Å². The van der Waals surface area contributed by atoms with Gasteiger partial charge in [0.2, 0.25) is 0 Å². The second-order valence-electron chi connectivity index (χ2n) is 2.24. The van der Waals surface area contributed by atoms with Crippen LogP contribution in [-0.4, -0.2) is 11.3 Å². The van der Waals surface area contributed by atoms with Crippen molar-refractivity contribution in [2.75, 3.05) is 0 Å². The molecule has 0 aliphatic rings. The van der Waals surface area contributed by atoms with E-state index in [0.717, 1.165) is 0 Å². The van der Waals surface area contributed by atoms with Crippen molar-refractivity contribution >= 4 is 16.8 Å². The summed E-state index contributed by atoms with van der Waals surface area (Å²) in [5.41, 5.74) is 0. The second-order valence-corrected chi connectivity index (χ2v) is 2.62. The number of hydrogen-bond acceptors (Lipinski definition) is 3. The largest absolute Gasteiger partial charge is 0.466 e. The van der Waals surface area contributed by atoms with Gasteiger partial charge in [0, 0.05) is 0 Å². The van der Waals surface area contributed by atoms with Crippen LogP contribution in [0.1, 0.15) is 0 Å². The molecule has 0 amide bonds. The summed E-state index contributed by atoms with van der Waals surface area (Å²) in [4.78, 5) is 10.6. The third kappa shape index (κ3) is 2.77. The van der Waals surface area contributed by atoms with E-state index in [1.807, 2.05) is 0 Å². The Morgan fingerprint density at radius 2 is 2.08 bits per heavy atom. The van der Waals surface area contributed by atoms with Crippen molar-refractivity contribution < 1.29 is 9.53 Å². The summed E-state index contributed by atoms with van der Waals surface area (Å²) < 4.78 is 4.98. The van der Waals surface area contributed by atoms with E-state index in [-0.39, 0.29) is 0 Å². The van der Waals surface area contributed by atoms with Crippen molar-refractivity contribution in [2.24, 2.45) is 0 Å². The van der Waals surface area contributed by atoms with Gasteiger partial charge < -0.3 is 4.74 Å². The SMILES string of the molecule is N#CC(Oc1ccccc1)C(=O)Cl. The van der Waals surface area contributed by atoms with E-state index in [2.05, 4.69) is 0 Å². The number of para-hydroxylation sites is 1. The minimum Gasteiger partial charge on any atom is -0.466 e. The van der Waals surface area contributed by atoms with E-state index in [0.29, 0.717) is 5.75 Å². The van der Waals surface area contributed by atoms with Gasteiger partial charge in [-0.3, -0.25) is 4.79 Å². The van der Waals surface area contributed by atoms with Crippen molar-refractivity contribution in [1.82, 2.24) is 0 Å². The molecule has 13 heavy (non-hydrogen) atoms. The highest BCUT2D eigenvalue weighted by Gasteiger charge is 2.16. The summed E-state index contributed by atoms with van der Waals surface area (Å²) in [6, 6.07) is 10.2. The van der Waals surface area contributed by atoms with E-state index in [4.69, 9.17) is 21.6 Å². The first-order chi connectivity index (χ1) is 6.24. The Labute approximate surface area is 80.5 Å². The average Bonchev–Trinajstić information content (AvgIpc) is 2.15. The Bertz CT molecular complexity index is 331. The van der Waals surface area contributed by atoms with Crippen LogP contribution in [0.2, 0.25) is 0 Å². The van der Waals surface area contributed by atoms with Gasteiger partial charge in [0.25, 0.3) is 11.3 Å². The summed E-state index contributed by atoms with van der Waals surface area (Å²) in [5.74, 6) is 0.447. The number of carbonyl (C=O) groups excluding carboxylic acids is 1. The summed E-state index contributed by atoms with van der Waals surface area (Å²) in [6.45, 7) is 0. The van der Waals surface area contributed by atoms with Gasteiger partial charge in [0.05, 0.1) is 0 Å². The van der Waals surface area contributed by atoms with E-state index in [1.165, 1.54) is 0 Å². The molecule has 4 heteroatoms. The van der Waals surface area contributed by atoms with Crippen LogP contribution in [-0.2, 0) is 4.79 Å². The molecule has 1 unspecified atom stereocenters. The lowest BCUT2D eigenvalue weighted by Gasteiger charge is -2.06. The number of nitriles is 1. The van der Waals surface area contributed by atoms with Crippen molar-refractivity contribution in [1.29, 1.82) is 5.26 Å². The van der Waals surface area contributed by atoms with Crippen LogP contribution < -0.4 is 4.74 Å². The van der Waals surface area contributed by atoms with Crippen LogP contribution in [0.25, 0.3) is 0 Å². The van der Waals surface area contributed by atoms with Crippen LogP contribution >= 0.6 is 11.6 Å². The first kappa shape index (κ1) is 9.56. The predicted octanol–water partition coefficient (Wildman–Crippen LogP) is 1.72. The molecule has 1 aromatic rings. The molecule has 1 atom stereocenters. The number of rotatable bonds is 3. The molecule has 0 spiro atoms. The third-order valence-electron chi connectivity index (χ3n) is 1.32. The number of benzene rings is 1. The minimum absolute atomic E-state index is 0.447. The van der Waals surface area contributed by atoms with Gasteiger partial charge in [-0.05, 0) is 23.7 Å². The zero-order valence-electron chi connectivity index (χ0n) is 6.61. The number of nitrogens with zero attached hydrogens (tertiary/aromatic N) is 1. The normalized spacial score (nSPS) is 11.4. The Kier molecular flexibility index (Phi) is 3.30. The molecule has 0 bridgehead atoms. The maximum absolute atomic E-state index is 10.6. The first-order valence-electron chi connectivity index (χ1n) is 3.54. The Morgan fingerprint density at radius 3 is 2.54 bits per heavy atom. The molecule has 66 valence electrons. The van der Waals surface area contributed by atoms with E-state index in [1.54, 1.807) is 36.4 Å². The lowest BCUT2D eigenvalue weighted by Crippen LogP contribution is -2.20. The molecule has 0 fully saturated rings. The van der Waals surface area contributed by atoms with E-state index >= 15 is 0 Å². The topological polar surface area (TPSA) is 50.1 Å². The van der Waals surface area contributed by atoms with Crippen molar-refractivity contribution in [3.8, 4) is 11.8 Å². The van der Waals surface area contributed by atoms with Crippen molar-refractivity contribution in [3.63, 3.8) is 0 Å². The van der Waals surface area contributed by atoms with Gasteiger partial charge in [-0.2, -0.15) is 5.26 Å². The lowest BCUT2D eigenvalue weighted by molar-refractivity contribution is -0.115. The quantitative estimate of drug-likeness (QED) is 0.690. The molecule has 0 radical (unpaired) electrons. The average molecular weight is 196 g/mol. The predicted molar refractivity (Wildman–Crippen MR) is 47.3 cm³/mol. The first-order valence-corrected chi connectivity index (χ1v) is 3.92. The van der Waals surface area contributed by atoms with Crippen LogP contribution in [0.4, 0.5) is 0 Å². The molecule has 0 saturated carbocycles. The van der Waals surface area contributed by atoms with Gasteiger partial charge in [0.1, 0.15) is 11.8 Å². The highest BCUT2D eigenvalue weighted by Crippen LogP contribution is 2.11. The zero-order chi connectivity index (χ0) is 9.68. The van der Waals surface area contributed by atoms with Gasteiger partial charge in [-0.25, -0.2) is 0 Å². The molecule has 0 saturated heterocycles. The smallest absolute Gasteiger partial charge is 0.277 e.